The minimum Gasteiger partial charge on any atom is -0.387 e. The Hall–Kier alpha value is 0.350. The molecule has 0 aromatic rings. The highest BCUT2D eigenvalue weighted by Gasteiger charge is 2.52. The molecule has 22 heavy (non-hydrogen) atoms. The first-order chi connectivity index (χ1) is 9.89. The Morgan fingerprint density at radius 2 is 1.86 bits per heavy atom. The van der Waals surface area contributed by atoms with Crippen LogP contribution in [-0.4, -0.2) is 64.2 Å². The van der Waals surface area contributed by atoms with Crippen LogP contribution < -0.4 is 0 Å². The molecule has 0 spiro atoms. The van der Waals surface area contributed by atoms with Gasteiger partial charge in [0.25, 0.3) is 0 Å². The van der Waals surface area contributed by atoms with E-state index in [2.05, 4.69) is 40.3 Å². The van der Waals surface area contributed by atoms with Crippen LogP contribution in [0.4, 0.5) is 0 Å². The average molecular weight is 349 g/mol. The Balaban J connectivity index is 2.80. The summed E-state index contributed by atoms with van der Waals surface area (Å²) in [4.78, 5) is 0. The van der Waals surface area contributed by atoms with Crippen LogP contribution in [0.3, 0.4) is 0 Å². The first-order valence-electron chi connectivity index (χ1n) is 8.26. The van der Waals surface area contributed by atoms with Crippen LogP contribution in [0.5, 0.6) is 0 Å². The lowest BCUT2D eigenvalue weighted by molar-refractivity contribution is -0.122. The van der Waals surface area contributed by atoms with Gasteiger partial charge in [0.05, 0.1) is 18.0 Å². The van der Waals surface area contributed by atoms with Gasteiger partial charge in [-0.1, -0.05) is 34.0 Å². The molecular formula is C17H35O3P2+. The van der Waals surface area contributed by atoms with Crippen molar-refractivity contribution in [3.8, 4) is 0 Å². The Morgan fingerprint density at radius 3 is 2.23 bits per heavy atom. The second kappa shape index (κ2) is 7.08. The lowest BCUT2D eigenvalue weighted by Gasteiger charge is -2.30. The summed E-state index contributed by atoms with van der Waals surface area (Å²) >= 11 is 0. The Kier molecular flexibility index (Phi) is 6.56. The molecule has 1 saturated carbocycles. The van der Waals surface area contributed by atoms with Gasteiger partial charge in [-0.3, -0.25) is 0 Å². The first kappa shape index (κ1) is 20.4. The summed E-state index contributed by atoms with van der Waals surface area (Å²) in [5.41, 5.74) is -1.07. The summed E-state index contributed by atoms with van der Waals surface area (Å²) < 4.78 is 6.26. The third-order valence-electron chi connectivity index (χ3n) is 5.55. The van der Waals surface area contributed by atoms with Gasteiger partial charge >= 0.3 is 0 Å². The minimum atomic E-state index is -1.16. The molecule has 0 aliphatic heterocycles. The van der Waals surface area contributed by atoms with E-state index in [1.54, 1.807) is 6.92 Å². The predicted molar refractivity (Wildman–Crippen MR) is 103 cm³/mol. The van der Waals surface area contributed by atoms with Gasteiger partial charge in [-0.2, -0.15) is 0 Å². The monoisotopic (exact) mass is 349 g/mol. The second-order valence-corrected chi connectivity index (χ2v) is 14.8. The van der Waals surface area contributed by atoms with Gasteiger partial charge in [0.15, 0.2) is 0 Å². The first-order valence-corrected chi connectivity index (χ1v) is 12.5. The number of ether oxygens (including phenoxy) is 1. The van der Waals surface area contributed by atoms with Crippen molar-refractivity contribution in [3.05, 3.63) is 0 Å². The quantitative estimate of drug-likeness (QED) is 0.690. The Bertz CT molecular complexity index is 449. The standard InChI is InChI=1S/C17H35O3P2/c1-9-22(8,10-2)12-21(7)16(4,5)20-14-11-13(3)17(6,19)15(14)18/h13-15,18-19H,7-12H2,1-6H3/q+1/t13-,14+,15-,17+/m1/s1. The molecule has 3 nitrogen and oxygen atoms in total. The third kappa shape index (κ3) is 4.25. The van der Waals surface area contributed by atoms with Gasteiger partial charge in [0.2, 0.25) is 5.34 Å². The summed E-state index contributed by atoms with van der Waals surface area (Å²) in [6.07, 6.45) is 10.7. The fourth-order valence-corrected chi connectivity index (χ4v) is 9.49. The van der Waals surface area contributed by atoms with E-state index >= 15 is 0 Å². The van der Waals surface area contributed by atoms with Crippen LogP contribution in [0.1, 0.15) is 48.0 Å². The molecule has 130 valence electrons. The van der Waals surface area contributed by atoms with Crippen molar-refractivity contribution in [3.63, 3.8) is 0 Å². The topological polar surface area (TPSA) is 49.7 Å². The average Bonchev–Trinajstić information content (AvgIpc) is 2.61. The molecule has 5 atom stereocenters. The molecule has 1 unspecified atom stereocenters. The van der Waals surface area contributed by atoms with Crippen molar-refractivity contribution >= 4 is 27.0 Å². The number of aliphatic hydroxyl groups excluding tert-OH is 1. The molecule has 0 aromatic heterocycles. The largest absolute Gasteiger partial charge is 0.387 e. The maximum Gasteiger partial charge on any atom is 0.219 e. The summed E-state index contributed by atoms with van der Waals surface area (Å²) in [6, 6.07) is 0. The van der Waals surface area contributed by atoms with Crippen LogP contribution in [0.15, 0.2) is 0 Å². The zero-order valence-electron chi connectivity index (χ0n) is 15.2. The van der Waals surface area contributed by atoms with Gasteiger partial charge in [0.1, 0.15) is 19.6 Å². The highest BCUT2D eigenvalue weighted by molar-refractivity contribution is 7.83. The molecule has 1 rings (SSSR count). The van der Waals surface area contributed by atoms with Crippen molar-refractivity contribution in [1.29, 1.82) is 0 Å². The van der Waals surface area contributed by atoms with E-state index in [0.717, 1.165) is 18.2 Å². The second-order valence-electron chi connectivity index (χ2n) is 7.57. The van der Waals surface area contributed by atoms with Gasteiger partial charge in [0, 0.05) is 13.8 Å². The number of hydrogen-bond acceptors (Lipinski definition) is 3. The fraction of sp³-hybridized carbons (Fsp3) is 0.882. The molecule has 0 radical (unpaired) electrons. The zero-order valence-corrected chi connectivity index (χ0v) is 17.0. The van der Waals surface area contributed by atoms with E-state index in [1.807, 2.05) is 6.92 Å². The van der Waals surface area contributed by atoms with Crippen molar-refractivity contribution in [2.75, 3.05) is 18.2 Å². The molecular weight excluding hydrogens is 314 g/mol. The Labute approximate surface area is 137 Å². The van der Waals surface area contributed by atoms with Gasteiger partial charge in [-0.05, 0) is 31.6 Å². The predicted octanol–water partition coefficient (Wildman–Crippen LogP) is 3.62. The number of rotatable bonds is 7. The smallest absolute Gasteiger partial charge is 0.219 e. The molecule has 0 amide bonds. The molecule has 1 fully saturated rings. The van der Waals surface area contributed by atoms with Crippen LogP contribution in [-0.2, 0) is 4.74 Å². The van der Waals surface area contributed by atoms with Crippen molar-refractivity contribution < 1.29 is 14.9 Å². The fourth-order valence-electron chi connectivity index (χ4n) is 2.90. The Morgan fingerprint density at radius 1 is 1.36 bits per heavy atom. The highest BCUT2D eigenvalue weighted by Crippen LogP contribution is 2.56. The van der Waals surface area contributed by atoms with Gasteiger partial charge < -0.3 is 14.9 Å². The molecule has 5 heteroatoms. The van der Waals surface area contributed by atoms with E-state index in [1.165, 1.54) is 0 Å². The molecule has 1 aliphatic carbocycles. The third-order valence-corrected chi connectivity index (χ3v) is 13.6. The molecule has 1 aliphatic rings. The van der Waals surface area contributed by atoms with Crippen LogP contribution in [0.25, 0.3) is 0 Å². The minimum absolute atomic E-state index is 0.0325. The van der Waals surface area contributed by atoms with E-state index < -0.39 is 26.1 Å². The summed E-state index contributed by atoms with van der Waals surface area (Å²) in [7, 11) is -0.582. The molecule has 0 saturated heterocycles. The summed E-state index contributed by atoms with van der Waals surface area (Å²) in [6.45, 7) is 11.1. The molecule has 2 N–H and O–H groups in total. The maximum atomic E-state index is 10.4. The maximum absolute atomic E-state index is 10.4. The van der Waals surface area contributed by atoms with Crippen LogP contribution in [0, 0.1) is 5.92 Å². The summed E-state index contributed by atoms with van der Waals surface area (Å²) in [5.74, 6) is 1.10. The van der Waals surface area contributed by atoms with Crippen molar-refractivity contribution in [1.82, 2.24) is 0 Å². The van der Waals surface area contributed by atoms with Gasteiger partial charge in [-0.15, -0.1) is 0 Å². The molecule has 0 bridgehead atoms. The lowest BCUT2D eigenvalue weighted by Crippen LogP contribution is -2.44. The SMILES string of the molecule is C=[P+](CP(=C)(CC)CC)C(C)(C)O[C@H]1C[C@@H](C)[C@](C)(O)[C@@H]1O. The van der Waals surface area contributed by atoms with Crippen molar-refractivity contribution in [2.45, 2.75) is 71.1 Å². The van der Waals surface area contributed by atoms with Crippen molar-refractivity contribution in [2.24, 2.45) is 5.92 Å². The van der Waals surface area contributed by atoms with Crippen LogP contribution in [0.2, 0.25) is 0 Å². The molecule has 0 aromatic carbocycles. The van der Waals surface area contributed by atoms with E-state index in [9.17, 15) is 10.2 Å². The highest BCUT2D eigenvalue weighted by atomic mass is 31.2. The number of aliphatic hydroxyl groups is 2. The zero-order chi connectivity index (χ0) is 17.3. The number of hydrogen-bond donors (Lipinski definition) is 2. The van der Waals surface area contributed by atoms with E-state index in [-0.39, 0.29) is 17.4 Å². The normalized spacial score (nSPS) is 34.0. The molecule has 0 heterocycles. The van der Waals surface area contributed by atoms with E-state index in [0.29, 0.717) is 6.42 Å². The lowest BCUT2D eigenvalue weighted by atomic mass is 9.93. The summed E-state index contributed by atoms with van der Waals surface area (Å²) in [5, 5.41) is 20.4. The van der Waals surface area contributed by atoms with Gasteiger partial charge in [-0.25, -0.2) is 0 Å². The van der Waals surface area contributed by atoms with Crippen LogP contribution >= 0.6 is 14.4 Å². The van der Waals surface area contributed by atoms with E-state index in [4.69, 9.17) is 4.74 Å².